The van der Waals surface area contributed by atoms with Crippen LogP contribution in [0.3, 0.4) is 0 Å². The van der Waals surface area contributed by atoms with E-state index in [1.807, 2.05) is 30.3 Å². The van der Waals surface area contributed by atoms with Crippen molar-refractivity contribution in [1.29, 1.82) is 0 Å². The molecular formula is C17H11Cl2N5O2S. The highest BCUT2D eigenvalue weighted by molar-refractivity contribution is 7.71. The minimum Gasteiger partial charge on any atom is -0.412 e. The fraction of sp³-hybridized carbons (Fsp3) is 0.0588. The molecule has 0 amide bonds. The Kier molecular flexibility index (Phi) is 4.69. The number of hydrogen-bond donors (Lipinski definition) is 1. The van der Waals surface area contributed by atoms with Crippen LogP contribution < -0.4 is 5.69 Å². The van der Waals surface area contributed by atoms with E-state index in [2.05, 4.69) is 15.3 Å². The third kappa shape index (κ3) is 3.59. The molecule has 0 spiro atoms. The van der Waals surface area contributed by atoms with Gasteiger partial charge in [0.15, 0.2) is 5.82 Å². The lowest BCUT2D eigenvalue weighted by Crippen LogP contribution is -2.24. The topological polar surface area (TPSA) is 81.6 Å². The Hall–Kier alpha value is -2.68. The van der Waals surface area contributed by atoms with Crippen molar-refractivity contribution in [2.45, 2.75) is 6.54 Å². The number of benzene rings is 2. The van der Waals surface area contributed by atoms with E-state index in [9.17, 15) is 4.79 Å². The lowest BCUT2D eigenvalue weighted by molar-refractivity contribution is 0.449. The van der Waals surface area contributed by atoms with Crippen LogP contribution in [0.15, 0.2) is 57.7 Å². The van der Waals surface area contributed by atoms with E-state index in [0.29, 0.717) is 21.6 Å². The summed E-state index contributed by atoms with van der Waals surface area (Å²) in [4.78, 5) is 13.2. The molecule has 10 heteroatoms. The maximum Gasteiger partial charge on any atom is 0.351 e. The Morgan fingerprint density at radius 1 is 1.11 bits per heavy atom. The first-order chi connectivity index (χ1) is 13.0. The van der Waals surface area contributed by atoms with Crippen LogP contribution in [0.5, 0.6) is 0 Å². The number of halogens is 2. The minimum atomic E-state index is -0.392. The van der Waals surface area contributed by atoms with Gasteiger partial charge in [0.2, 0.25) is 5.89 Å². The van der Waals surface area contributed by atoms with Gasteiger partial charge in [-0.15, -0.1) is 10.2 Å². The molecule has 0 aliphatic rings. The van der Waals surface area contributed by atoms with E-state index in [1.165, 1.54) is 9.25 Å². The monoisotopic (exact) mass is 419 g/mol. The van der Waals surface area contributed by atoms with E-state index in [-0.39, 0.29) is 17.3 Å². The van der Waals surface area contributed by atoms with Gasteiger partial charge in [-0.05, 0) is 30.4 Å². The summed E-state index contributed by atoms with van der Waals surface area (Å²) in [6.07, 6.45) is 0. The Balaban J connectivity index is 1.92. The van der Waals surface area contributed by atoms with Gasteiger partial charge in [0.05, 0.1) is 5.69 Å². The molecule has 7 nitrogen and oxygen atoms in total. The average Bonchev–Trinajstić information content (AvgIpc) is 3.19. The molecule has 0 unspecified atom stereocenters. The van der Waals surface area contributed by atoms with Gasteiger partial charge in [-0.2, -0.15) is 0 Å². The largest absolute Gasteiger partial charge is 0.412 e. The number of H-pyrrole nitrogens is 1. The maximum absolute atomic E-state index is 13.1. The fourth-order valence-electron chi connectivity index (χ4n) is 2.64. The molecule has 2 heterocycles. The average molecular weight is 420 g/mol. The number of aromatic amines is 1. The third-order valence-corrected chi connectivity index (χ3v) is 4.36. The second kappa shape index (κ2) is 7.15. The summed E-state index contributed by atoms with van der Waals surface area (Å²) in [5, 5.41) is 11.7. The van der Waals surface area contributed by atoms with Crippen LogP contribution in [0.4, 0.5) is 0 Å². The highest BCUT2D eigenvalue weighted by atomic mass is 35.5. The number of rotatable bonds is 4. The molecule has 0 aliphatic carbocycles. The molecule has 0 atom stereocenters. The van der Waals surface area contributed by atoms with Gasteiger partial charge in [0.25, 0.3) is 4.84 Å². The summed E-state index contributed by atoms with van der Waals surface area (Å²) in [6, 6.07) is 14.2. The van der Waals surface area contributed by atoms with Gasteiger partial charge in [-0.1, -0.05) is 53.5 Å². The van der Waals surface area contributed by atoms with E-state index in [0.717, 1.165) is 5.56 Å². The number of nitrogens with zero attached hydrogens (tertiary/aromatic N) is 4. The molecule has 0 fully saturated rings. The molecule has 0 saturated carbocycles. The predicted molar refractivity (Wildman–Crippen MR) is 104 cm³/mol. The Bertz CT molecular complexity index is 1210. The number of hydrogen-bond acceptors (Lipinski definition) is 5. The predicted octanol–water partition coefficient (Wildman–Crippen LogP) is 4.10. The molecular weight excluding hydrogens is 409 g/mol. The molecule has 0 radical (unpaired) electrons. The van der Waals surface area contributed by atoms with Crippen molar-refractivity contribution in [2.24, 2.45) is 0 Å². The summed E-state index contributed by atoms with van der Waals surface area (Å²) in [5.74, 6) is 0.684. The van der Waals surface area contributed by atoms with Crippen molar-refractivity contribution >= 4 is 35.4 Å². The molecule has 136 valence electrons. The second-order valence-corrected chi connectivity index (χ2v) is 6.84. The first-order valence-corrected chi connectivity index (χ1v) is 8.94. The van der Waals surface area contributed by atoms with Gasteiger partial charge in [-0.3, -0.25) is 0 Å². The summed E-state index contributed by atoms with van der Waals surface area (Å²) < 4.78 is 7.92. The highest BCUT2D eigenvalue weighted by Crippen LogP contribution is 2.25. The Morgan fingerprint density at radius 2 is 1.81 bits per heavy atom. The standard InChI is InChI=1S/C17H11Cl2N5O2S/c18-11-6-12(19)8-13(7-11)24-15(10-4-2-1-3-5-10)22-23(17(24)25)9-14-20-21-16(27)26-14/h1-8H,9H2,(H,21,27). The third-order valence-electron chi connectivity index (χ3n) is 3.74. The van der Waals surface area contributed by atoms with Crippen LogP contribution in [0, 0.1) is 4.84 Å². The molecule has 0 aliphatic heterocycles. The molecule has 27 heavy (non-hydrogen) atoms. The zero-order valence-corrected chi connectivity index (χ0v) is 15.9. The normalized spacial score (nSPS) is 11.0. The van der Waals surface area contributed by atoms with E-state index in [1.54, 1.807) is 18.2 Å². The summed E-state index contributed by atoms with van der Waals surface area (Å²) in [5.41, 5.74) is 0.870. The zero-order chi connectivity index (χ0) is 19.0. The van der Waals surface area contributed by atoms with Crippen LogP contribution in [-0.2, 0) is 6.54 Å². The van der Waals surface area contributed by atoms with Crippen LogP contribution in [0.25, 0.3) is 17.1 Å². The highest BCUT2D eigenvalue weighted by Gasteiger charge is 2.18. The molecule has 4 rings (SSSR count). The molecule has 4 aromatic rings. The van der Waals surface area contributed by atoms with Gasteiger partial charge in [-0.25, -0.2) is 19.1 Å². The van der Waals surface area contributed by atoms with E-state index >= 15 is 0 Å². The van der Waals surface area contributed by atoms with E-state index in [4.69, 9.17) is 39.8 Å². The quantitative estimate of drug-likeness (QED) is 0.503. The molecule has 1 N–H and O–H groups in total. The Morgan fingerprint density at radius 3 is 2.44 bits per heavy atom. The summed E-state index contributed by atoms with van der Waals surface area (Å²) >= 11 is 17.1. The SMILES string of the molecule is O=c1n(Cc2n[nH]c(=S)o2)nc(-c2ccccc2)n1-c1cc(Cl)cc(Cl)c1. The first kappa shape index (κ1) is 17.7. The van der Waals surface area contributed by atoms with Crippen molar-refractivity contribution in [3.63, 3.8) is 0 Å². The van der Waals surface area contributed by atoms with Crippen LogP contribution in [0.2, 0.25) is 10.0 Å². The lowest BCUT2D eigenvalue weighted by atomic mass is 10.2. The second-order valence-electron chi connectivity index (χ2n) is 5.60. The first-order valence-electron chi connectivity index (χ1n) is 7.77. The molecule has 2 aromatic heterocycles. The van der Waals surface area contributed by atoms with Gasteiger partial charge in [0.1, 0.15) is 6.54 Å². The van der Waals surface area contributed by atoms with Crippen LogP contribution >= 0.6 is 35.4 Å². The van der Waals surface area contributed by atoms with Crippen LogP contribution in [-0.4, -0.2) is 24.5 Å². The van der Waals surface area contributed by atoms with Crippen LogP contribution in [0.1, 0.15) is 5.89 Å². The van der Waals surface area contributed by atoms with Crippen molar-refractivity contribution in [3.05, 3.63) is 79.8 Å². The van der Waals surface area contributed by atoms with E-state index < -0.39 is 5.69 Å². The lowest BCUT2D eigenvalue weighted by Gasteiger charge is -2.07. The van der Waals surface area contributed by atoms with Gasteiger partial charge in [0, 0.05) is 15.6 Å². The van der Waals surface area contributed by atoms with Gasteiger partial charge >= 0.3 is 5.69 Å². The maximum atomic E-state index is 13.1. The molecule has 0 saturated heterocycles. The Labute approximate surface area is 167 Å². The number of nitrogens with one attached hydrogen (secondary N) is 1. The fourth-order valence-corrected chi connectivity index (χ4v) is 3.30. The van der Waals surface area contributed by atoms with Crippen molar-refractivity contribution in [2.75, 3.05) is 0 Å². The van der Waals surface area contributed by atoms with Crippen molar-refractivity contribution in [3.8, 4) is 17.1 Å². The smallest absolute Gasteiger partial charge is 0.351 e. The van der Waals surface area contributed by atoms with Crippen molar-refractivity contribution < 1.29 is 4.42 Å². The number of aromatic nitrogens is 5. The summed E-state index contributed by atoms with van der Waals surface area (Å²) in [7, 11) is 0. The minimum absolute atomic E-state index is 0.0209. The van der Waals surface area contributed by atoms with Crippen molar-refractivity contribution in [1.82, 2.24) is 24.5 Å². The molecule has 0 bridgehead atoms. The van der Waals surface area contributed by atoms with Gasteiger partial charge < -0.3 is 4.42 Å². The summed E-state index contributed by atoms with van der Waals surface area (Å²) in [6.45, 7) is 0.0209. The molecule has 2 aromatic carbocycles. The zero-order valence-electron chi connectivity index (χ0n) is 13.6.